The van der Waals surface area contributed by atoms with Gasteiger partial charge in [-0.15, -0.1) is 0 Å². The number of rotatable bonds is 4. The Balaban J connectivity index is 1.54. The summed E-state index contributed by atoms with van der Waals surface area (Å²) in [5, 5.41) is 3.98. The molecular weight excluding hydrogens is 446 g/mol. The number of ether oxygens (including phenoxy) is 1. The van der Waals surface area contributed by atoms with Gasteiger partial charge in [-0.3, -0.25) is 4.79 Å². The Morgan fingerprint density at radius 2 is 1.68 bits per heavy atom. The molecule has 5 rings (SSSR count). The van der Waals surface area contributed by atoms with Crippen molar-refractivity contribution >= 4 is 23.4 Å². The highest BCUT2D eigenvalue weighted by Crippen LogP contribution is 2.47. The average molecular weight is 476 g/mol. The first-order valence-corrected chi connectivity index (χ1v) is 12.6. The van der Waals surface area contributed by atoms with Crippen LogP contribution in [-0.4, -0.2) is 17.9 Å². The van der Waals surface area contributed by atoms with Crippen LogP contribution in [0.4, 0.5) is 0 Å². The largest absolute Gasteiger partial charge is 0.459 e. The normalized spacial score (nSPS) is 23.4. The average Bonchev–Trinajstić information content (AvgIpc) is 2.84. The van der Waals surface area contributed by atoms with Crippen LogP contribution in [0.25, 0.3) is 0 Å². The van der Waals surface area contributed by atoms with Gasteiger partial charge in [0.15, 0.2) is 5.78 Å². The smallest absolute Gasteiger partial charge is 0.337 e. The van der Waals surface area contributed by atoms with E-state index in [4.69, 9.17) is 16.3 Å². The second kappa shape index (κ2) is 9.79. The van der Waals surface area contributed by atoms with Gasteiger partial charge in [-0.05, 0) is 62.1 Å². The van der Waals surface area contributed by atoms with E-state index in [9.17, 15) is 9.59 Å². The second-order valence-electron chi connectivity index (χ2n) is 9.61. The highest BCUT2D eigenvalue weighted by Gasteiger charge is 2.42. The van der Waals surface area contributed by atoms with E-state index in [1.54, 1.807) is 0 Å². The summed E-state index contributed by atoms with van der Waals surface area (Å²) in [6.45, 7) is 1.90. The second-order valence-corrected chi connectivity index (χ2v) is 10.0. The quantitative estimate of drug-likeness (QED) is 0.507. The number of allylic oxidation sites excluding steroid dienone is 3. The molecule has 2 aromatic rings. The van der Waals surface area contributed by atoms with Gasteiger partial charge in [0.2, 0.25) is 0 Å². The summed E-state index contributed by atoms with van der Waals surface area (Å²) in [5.74, 6) is -0.699. The number of halogens is 1. The molecule has 0 unspecified atom stereocenters. The van der Waals surface area contributed by atoms with Crippen LogP contribution in [0.1, 0.15) is 74.8 Å². The van der Waals surface area contributed by atoms with Crippen LogP contribution >= 0.6 is 11.6 Å². The lowest BCUT2D eigenvalue weighted by Gasteiger charge is -2.37. The van der Waals surface area contributed by atoms with E-state index in [1.807, 2.05) is 49.4 Å². The van der Waals surface area contributed by atoms with Crippen molar-refractivity contribution in [2.75, 3.05) is 0 Å². The molecule has 0 spiro atoms. The van der Waals surface area contributed by atoms with E-state index < -0.39 is 5.92 Å². The third-order valence-electron chi connectivity index (χ3n) is 7.36. The van der Waals surface area contributed by atoms with Gasteiger partial charge in [0.25, 0.3) is 0 Å². The molecule has 0 amide bonds. The molecule has 0 saturated heterocycles. The first-order chi connectivity index (χ1) is 16.5. The number of ketones is 1. The van der Waals surface area contributed by atoms with E-state index >= 15 is 0 Å². The molecule has 3 aliphatic rings. The number of nitrogens with one attached hydrogen (secondary N) is 1. The summed E-state index contributed by atoms with van der Waals surface area (Å²) in [4.78, 5) is 27.2. The van der Waals surface area contributed by atoms with Gasteiger partial charge in [0.1, 0.15) is 6.10 Å². The van der Waals surface area contributed by atoms with Gasteiger partial charge in [0.05, 0.1) is 5.57 Å². The van der Waals surface area contributed by atoms with Crippen LogP contribution in [-0.2, 0) is 14.3 Å². The maximum absolute atomic E-state index is 13.7. The predicted octanol–water partition coefficient (Wildman–Crippen LogP) is 6.58. The predicted molar refractivity (Wildman–Crippen MR) is 133 cm³/mol. The van der Waals surface area contributed by atoms with Gasteiger partial charge in [-0.2, -0.15) is 0 Å². The molecule has 1 N–H and O–H groups in total. The lowest BCUT2D eigenvalue weighted by atomic mass is 9.71. The SMILES string of the molecule is CC1=C(C(=O)OC2CCCCC2)[C@H](c2ccccc2Cl)C2=C(C[C@H](c3ccccc3)CC2=O)N1. The molecule has 176 valence electrons. The third kappa shape index (κ3) is 4.44. The van der Waals surface area contributed by atoms with Gasteiger partial charge < -0.3 is 10.1 Å². The topological polar surface area (TPSA) is 55.4 Å². The molecule has 1 aliphatic heterocycles. The zero-order valence-electron chi connectivity index (χ0n) is 19.5. The minimum Gasteiger partial charge on any atom is -0.459 e. The number of carbonyl (C=O) groups excluding carboxylic acids is 2. The van der Waals surface area contributed by atoms with Crippen molar-refractivity contribution in [3.8, 4) is 0 Å². The van der Waals surface area contributed by atoms with E-state index in [0.29, 0.717) is 29.0 Å². The molecule has 5 heteroatoms. The number of Topliss-reactive ketones (excluding diaryl/α,β-unsaturated/α-hetero) is 1. The Labute approximate surface area is 206 Å². The third-order valence-corrected chi connectivity index (χ3v) is 7.70. The van der Waals surface area contributed by atoms with Crippen molar-refractivity contribution in [3.63, 3.8) is 0 Å². The van der Waals surface area contributed by atoms with Crippen molar-refractivity contribution in [3.05, 3.63) is 93.3 Å². The van der Waals surface area contributed by atoms with Crippen molar-refractivity contribution in [2.45, 2.75) is 69.8 Å². The Bertz CT molecular complexity index is 1160. The van der Waals surface area contributed by atoms with Crippen molar-refractivity contribution in [1.82, 2.24) is 5.32 Å². The molecule has 4 nitrogen and oxygen atoms in total. The molecule has 0 bridgehead atoms. The number of esters is 1. The number of dihydropyridines is 1. The summed E-state index contributed by atoms with van der Waals surface area (Å²) in [7, 11) is 0. The van der Waals surface area contributed by atoms with Gasteiger partial charge >= 0.3 is 5.97 Å². The van der Waals surface area contributed by atoms with Crippen LogP contribution < -0.4 is 5.32 Å². The summed E-state index contributed by atoms with van der Waals surface area (Å²) >= 11 is 6.64. The summed E-state index contributed by atoms with van der Waals surface area (Å²) in [5.41, 5.74) is 4.72. The molecule has 1 fully saturated rings. The molecule has 1 saturated carbocycles. The Morgan fingerprint density at radius 3 is 2.41 bits per heavy atom. The first kappa shape index (κ1) is 22.9. The summed E-state index contributed by atoms with van der Waals surface area (Å²) in [6, 6.07) is 17.7. The lowest BCUT2D eigenvalue weighted by Crippen LogP contribution is -2.37. The minimum absolute atomic E-state index is 0.0583. The summed E-state index contributed by atoms with van der Waals surface area (Å²) in [6.07, 6.45) is 6.21. The fraction of sp³-hybridized carbons (Fsp3) is 0.379. The Hall–Kier alpha value is -2.85. The summed E-state index contributed by atoms with van der Waals surface area (Å²) < 4.78 is 5.98. The number of hydrogen-bond acceptors (Lipinski definition) is 4. The molecule has 34 heavy (non-hydrogen) atoms. The number of hydrogen-bond donors (Lipinski definition) is 1. The maximum Gasteiger partial charge on any atom is 0.337 e. The van der Waals surface area contributed by atoms with Gasteiger partial charge in [-0.1, -0.05) is 66.6 Å². The van der Waals surface area contributed by atoms with E-state index in [1.165, 1.54) is 6.42 Å². The molecule has 0 radical (unpaired) electrons. The van der Waals surface area contributed by atoms with Gasteiger partial charge in [0, 0.05) is 34.3 Å². The highest BCUT2D eigenvalue weighted by atomic mass is 35.5. The standard InChI is InChI=1S/C29H30ClNO3/c1-18-26(29(33)34-21-12-6-3-7-13-21)27(22-14-8-9-15-23(22)30)28-24(31-18)16-20(17-25(28)32)19-10-4-2-5-11-19/h2,4-5,8-11,14-15,20-21,27,31H,3,6-7,12-13,16-17H2,1H3/t20-,27-/m0/s1. The molecular formula is C29H30ClNO3. The highest BCUT2D eigenvalue weighted by molar-refractivity contribution is 6.31. The van der Waals surface area contributed by atoms with Crippen molar-refractivity contribution in [2.24, 2.45) is 0 Å². The zero-order chi connectivity index (χ0) is 23.7. The van der Waals surface area contributed by atoms with Crippen LogP contribution in [0.3, 0.4) is 0 Å². The lowest BCUT2D eigenvalue weighted by molar-refractivity contribution is -0.146. The van der Waals surface area contributed by atoms with E-state index in [2.05, 4.69) is 17.4 Å². The molecule has 1 heterocycles. The number of carbonyl (C=O) groups is 2. The Kier molecular flexibility index (Phi) is 6.60. The van der Waals surface area contributed by atoms with Crippen molar-refractivity contribution in [1.29, 1.82) is 0 Å². The van der Waals surface area contributed by atoms with E-state index in [0.717, 1.165) is 48.2 Å². The fourth-order valence-corrected chi connectivity index (χ4v) is 5.93. The molecule has 2 aliphatic carbocycles. The van der Waals surface area contributed by atoms with Crippen LogP contribution in [0, 0.1) is 0 Å². The maximum atomic E-state index is 13.7. The van der Waals surface area contributed by atoms with Crippen molar-refractivity contribution < 1.29 is 14.3 Å². The monoisotopic (exact) mass is 475 g/mol. The van der Waals surface area contributed by atoms with Crippen LogP contribution in [0.15, 0.2) is 77.1 Å². The molecule has 0 aromatic heterocycles. The van der Waals surface area contributed by atoms with E-state index in [-0.39, 0.29) is 23.8 Å². The fourth-order valence-electron chi connectivity index (χ4n) is 5.69. The zero-order valence-corrected chi connectivity index (χ0v) is 20.2. The first-order valence-electron chi connectivity index (χ1n) is 12.3. The minimum atomic E-state index is -0.523. The van der Waals surface area contributed by atoms with Crippen LogP contribution in [0.2, 0.25) is 5.02 Å². The number of benzene rings is 2. The molecule has 2 atom stereocenters. The van der Waals surface area contributed by atoms with Crippen LogP contribution in [0.5, 0.6) is 0 Å². The van der Waals surface area contributed by atoms with Gasteiger partial charge in [-0.25, -0.2) is 4.79 Å². The molecule has 2 aromatic carbocycles. The Morgan fingerprint density at radius 1 is 0.971 bits per heavy atom.